The van der Waals surface area contributed by atoms with Crippen LogP contribution < -0.4 is 4.90 Å². The Bertz CT molecular complexity index is 2530. The molecule has 0 bridgehead atoms. The normalized spacial score (nSPS) is 11.3. The summed E-state index contributed by atoms with van der Waals surface area (Å²) < 4.78 is 6.53. The lowest BCUT2D eigenvalue weighted by atomic mass is 9.98. The van der Waals surface area contributed by atoms with Gasteiger partial charge in [-0.1, -0.05) is 140 Å². The van der Waals surface area contributed by atoms with Gasteiger partial charge in [0.15, 0.2) is 0 Å². The van der Waals surface area contributed by atoms with Crippen molar-refractivity contribution in [2.45, 2.75) is 0 Å². The molecule has 0 aliphatic rings. The molecule has 48 heavy (non-hydrogen) atoms. The number of benzene rings is 8. The molecule has 0 amide bonds. The summed E-state index contributed by atoms with van der Waals surface area (Å²) in [5, 5.41) is 4.75. The van der Waals surface area contributed by atoms with Gasteiger partial charge in [-0.05, 0) is 87.1 Å². The van der Waals surface area contributed by atoms with Gasteiger partial charge in [0.25, 0.3) is 0 Å². The van der Waals surface area contributed by atoms with E-state index in [1.54, 1.807) is 0 Å². The third-order valence-electron chi connectivity index (χ3n) is 9.27. The van der Waals surface area contributed by atoms with Crippen LogP contribution >= 0.6 is 0 Å². The van der Waals surface area contributed by atoms with Crippen molar-refractivity contribution < 1.29 is 4.42 Å². The highest BCUT2D eigenvalue weighted by atomic mass is 16.3. The van der Waals surface area contributed by atoms with Crippen LogP contribution in [0, 0.1) is 0 Å². The zero-order valence-corrected chi connectivity index (χ0v) is 26.3. The first kappa shape index (κ1) is 27.9. The summed E-state index contributed by atoms with van der Waals surface area (Å²) in [5.41, 5.74) is 12.2. The van der Waals surface area contributed by atoms with Crippen LogP contribution in [0.4, 0.5) is 17.1 Å². The number of rotatable bonds is 6. The van der Waals surface area contributed by atoms with Crippen LogP contribution in [0.2, 0.25) is 0 Å². The average Bonchev–Trinajstić information content (AvgIpc) is 3.56. The highest BCUT2D eigenvalue weighted by Gasteiger charge is 2.16. The van der Waals surface area contributed by atoms with E-state index in [9.17, 15) is 0 Å². The Hall–Kier alpha value is -6.38. The van der Waals surface area contributed by atoms with Gasteiger partial charge in [0.1, 0.15) is 11.2 Å². The Morgan fingerprint density at radius 3 is 1.62 bits per heavy atom. The van der Waals surface area contributed by atoms with Crippen LogP contribution in [0.1, 0.15) is 0 Å². The van der Waals surface area contributed by atoms with Gasteiger partial charge in [0, 0.05) is 33.4 Å². The van der Waals surface area contributed by atoms with E-state index in [1.807, 2.05) is 0 Å². The van der Waals surface area contributed by atoms with Crippen LogP contribution in [0.15, 0.2) is 192 Å². The van der Waals surface area contributed by atoms with Crippen molar-refractivity contribution in [3.05, 3.63) is 188 Å². The maximum atomic E-state index is 6.53. The summed E-state index contributed by atoms with van der Waals surface area (Å²) in [4.78, 5) is 2.31. The van der Waals surface area contributed by atoms with Crippen LogP contribution in [0.25, 0.3) is 66.1 Å². The van der Waals surface area contributed by atoms with Crippen molar-refractivity contribution in [1.29, 1.82) is 0 Å². The highest BCUT2D eigenvalue weighted by Crippen LogP contribution is 2.41. The molecule has 0 fully saturated rings. The Labute approximate surface area is 279 Å². The molecule has 1 heterocycles. The van der Waals surface area contributed by atoms with E-state index in [1.165, 1.54) is 38.4 Å². The van der Waals surface area contributed by atoms with Gasteiger partial charge in [-0.2, -0.15) is 0 Å². The topological polar surface area (TPSA) is 16.4 Å². The zero-order valence-electron chi connectivity index (χ0n) is 26.3. The van der Waals surface area contributed by atoms with Gasteiger partial charge in [0.05, 0.1) is 0 Å². The summed E-state index contributed by atoms with van der Waals surface area (Å²) >= 11 is 0. The molecule has 226 valence electrons. The third kappa shape index (κ3) is 4.92. The van der Waals surface area contributed by atoms with Crippen LogP contribution in [0.5, 0.6) is 0 Å². The van der Waals surface area contributed by atoms with Gasteiger partial charge in [-0.15, -0.1) is 0 Å². The quantitative estimate of drug-likeness (QED) is 0.185. The summed E-state index contributed by atoms with van der Waals surface area (Å²) in [6.07, 6.45) is 0. The SMILES string of the molecule is c1ccc(-c2cccc(-c3ccc(N(c4ccccc4)c4ccc(-c5cccc6c5oc5ccc7ccccc7c56)cc4)cc3)c2)cc1. The lowest BCUT2D eigenvalue weighted by molar-refractivity contribution is 0.670. The van der Waals surface area contributed by atoms with E-state index in [-0.39, 0.29) is 0 Å². The van der Waals surface area contributed by atoms with Gasteiger partial charge >= 0.3 is 0 Å². The molecular weight excluding hydrogens is 583 g/mol. The number of anilines is 3. The molecule has 2 nitrogen and oxygen atoms in total. The molecule has 8 aromatic carbocycles. The molecule has 0 radical (unpaired) electrons. The van der Waals surface area contributed by atoms with Gasteiger partial charge < -0.3 is 9.32 Å². The fourth-order valence-electron chi connectivity index (χ4n) is 6.92. The maximum absolute atomic E-state index is 6.53. The Balaban J connectivity index is 1.08. The Morgan fingerprint density at radius 1 is 0.354 bits per heavy atom. The summed E-state index contributed by atoms with van der Waals surface area (Å²) in [6.45, 7) is 0. The van der Waals surface area contributed by atoms with Gasteiger partial charge in [-0.3, -0.25) is 0 Å². The predicted molar refractivity (Wildman–Crippen MR) is 202 cm³/mol. The van der Waals surface area contributed by atoms with Crippen LogP contribution in [-0.2, 0) is 0 Å². The molecule has 0 unspecified atom stereocenters. The molecule has 0 aliphatic heterocycles. The first-order chi connectivity index (χ1) is 23.8. The minimum absolute atomic E-state index is 0.915. The largest absolute Gasteiger partial charge is 0.455 e. The predicted octanol–water partition coefficient (Wildman–Crippen LogP) is 13.2. The molecule has 1 aromatic heterocycles. The van der Waals surface area contributed by atoms with E-state index < -0.39 is 0 Å². The number of para-hydroxylation sites is 2. The number of hydrogen-bond donors (Lipinski definition) is 0. The van der Waals surface area contributed by atoms with Crippen molar-refractivity contribution in [2.75, 3.05) is 4.90 Å². The molecule has 2 heteroatoms. The maximum Gasteiger partial charge on any atom is 0.143 e. The van der Waals surface area contributed by atoms with Crippen molar-refractivity contribution in [1.82, 2.24) is 0 Å². The molecule has 0 saturated carbocycles. The molecule has 0 N–H and O–H groups in total. The fourth-order valence-corrected chi connectivity index (χ4v) is 6.92. The smallest absolute Gasteiger partial charge is 0.143 e. The first-order valence-corrected chi connectivity index (χ1v) is 16.3. The van der Waals surface area contributed by atoms with Crippen molar-refractivity contribution in [3.63, 3.8) is 0 Å². The minimum Gasteiger partial charge on any atom is -0.455 e. The zero-order chi connectivity index (χ0) is 31.9. The summed E-state index contributed by atoms with van der Waals surface area (Å²) in [5.74, 6) is 0. The lowest BCUT2D eigenvalue weighted by Gasteiger charge is -2.26. The molecule has 0 spiro atoms. The second-order valence-electron chi connectivity index (χ2n) is 12.2. The second kappa shape index (κ2) is 11.8. The Morgan fingerprint density at radius 2 is 0.896 bits per heavy atom. The van der Waals surface area contributed by atoms with Crippen molar-refractivity contribution in [3.8, 4) is 33.4 Å². The molecule has 0 atom stereocenters. The monoisotopic (exact) mass is 613 g/mol. The number of fused-ring (bicyclic) bond motifs is 5. The van der Waals surface area contributed by atoms with E-state index in [2.05, 4.69) is 193 Å². The van der Waals surface area contributed by atoms with E-state index in [4.69, 9.17) is 4.42 Å². The standard InChI is InChI=1S/C46H31NO/c1-3-11-32(12-4-1)36-14-9-15-37(31-36)33-21-26-39(27-22-33)47(38-16-5-2-6-17-38)40-28-23-35(24-29-40)42-19-10-20-43-45-41-18-8-7-13-34(41)25-30-44(45)48-46(42)43/h1-31H. The molecule has 9 rings (SSSR count). The average molecular weight is 614 g/mol. The van der Waals surface area contributed by atoms with Gasteiger partial charge in [-0.25, -0.2) is 0 Å². The van der Waals surface area contributed by atoms with Crippen LogP contribution in [-0.4, -0.2) is 0 Å². The van der Waals surface area contributed by atoms with Crippen LogP contribution in [0.3, 0.4) is 0 Å². The summed E-state index contributed by atoms with van der Waals surface area (Å²) in [7, 11) is 0. The molecular formula is C46H31NO. The number of hydrogen-bond acceptors (Lipinski definition) is 2. The number of nitrogens with zero attached hydrogens (tertiary/aromatic N) is 1. The van der Waals surface area contributed by atoms with E-state index >= 15 is 0 Å². The minimum atomic E-state index is 0.915. The molecule has 0 aliphatic carbocycles. The summed E-state index contributed by atoms with van der Waals surface area (Å²) in [6, 6.07) is 66.7. The van der Waals surface area contributed by atoms with Crippen molar-refractivity contribution >= 4 is 49.8 Å². The van der Waals surface area contributed by atoms with E-state index in [0.717, 1.165) is 44.7 Å². The molecule has 0 saturated heterocycles. The fraction of sp³-hybridized carbons (Fsp3) is 0. The third-order valence-corrected chi connectivity index (χ3v) is 9.27. The van der Waals surface area contributed by atoms with Crippen molar-refractivity contribution in [2.24, 2.45) is 0 Å². The van der Waals surface area contributed by atoms with E-state index in [0.29, 0.717) is 0 Å². The second-order valence-corrected chi connectivity index (χ2v) is 12.2. The highest BCUT2D eigenvalue weighted by molar-refractivity contribution is 6.20. The van der Waals surface area contributed by atoms with Gasteiger partial charge in [0.2, 0.25) is 0 Å². The first-order valence-electron chi connectivity index (χ1n) is 16.3. The number of furan rings is 1. The Kier molecular flexibility index (Phi) is 6.84. The lowest BCUT2D eigenvalue weighted by Crippen LogP contribution is -2.09. The molecule has 9 aromatic rings.